The highest BCUT2D eigenvalue weighted by atomic mass is 79.9. The van der Waals surface area contributed by atoms with Crippen LogP contribution in [0.15, 0.2) is 22.7 Å². The molecule has 0 unspecified atom stereocenters. The molecular formula is C16H22BrNO. The first-order valence-corrected chi connectivity index (χ1v) is 7.92. The predicted octanol–water partition coefficient (Wildman–Crippen LogP) is 4.67. The van der Waals surface area contributed by atoms with E-state index in [-0.39, 0.29) is 0 Å². The zero-order valence-electron chi connectivity index (χ0n) is 11.7. The molecule has 104 valence electrons. The van der Waals surface area contributed by atoms with Gasteiger partial charge in [-0.05, 0) is 65.7 Å². The van der Waals surface area contributed by atoms with Crippen LogP contribution in [0.3, 0.4) is 0 Å². The number of hydrogen-bond acceptors (Lipinski definition) is 2. The lowest BCUT2D eigenvalue weighted by Crippen LogP contribution is -2.35. The Morgan fingerprint density at radius 3 is 2.53 bits per heavy atom. The first-order valence-electron chi connectivity index (χ1n) is 7.13. The smallest absolute Gasteiger partial charge is 0.151 e. The second kappa shape index (κ2) is 6.56. The van der Waals surface area contributed by atoms with E-state index in [1.807, 2.05) is 12.1 Å². The van der Waals surface area contributed by atoms with E-state index in [2.05, 4.69) is 40.9 Å². The summed E-state index contributed by atoms with van der Waals surface area (Å²) in [7, 11) is 2.17. The molecule has 1 fully saturated rings. The summed E-state index contributed by atoms with van der Waals surface area (Å²) in [5.41, 5.74) is 1.91. The van der Waals surface area contributed by atoms with Gasteiger partial charge in [-0.25, -0.2) is 0 Å². The third kappa shape index (κ3) is 3.38. The first kappa shape index (κ1) is 14.6. The van der Waals surface area contributed by atoms with Crippen molar-refractivity contribution in [2.75, 3.05) is 11.9 Å². The highest BCUT2D eigenvalue weighted by Crippen LogP contribution is 2.32. The lowest BCUT2D eigenvalue weighted by molar-refractivity contribution is 0.112. The molecule has 0 bridgehead atoms. The van der Waals surface area contributed by atoms with Crippen LogP contribution in [0, 0.1) is 5.92 Å². The molecule has 0 aliphatic heterocycles. The van der Waals surface area contributed by atoms with Crippen molar-refractivity contribution in [1.82, 2.24) is 0 Å². The van der Waals surface area contributed by atoms with E-state index in [9.17, 15) is 4.79 Å². The van der Waals surface area contributed by atoms with Gasteiger partial charge in [0.05, 0.1) is 0 Å². The Bertz CT molecular complexity index is 438. The monoisotopic (exact) mass is 323 g/mol. The number of aldehydes is 1. The van der Waals surface area contributed by atoms with Gasteiger partial charge in [0.15, 0.2) is 6.29 Å². The summed E-state index contributed by atoms with van der Waals surface area (Å²) in [4.78, 5) is 13.2. The van der Waals surface area contributed by atoms with Crippen LogP contribution in [0.1, 0.15) is 49.4 Å². The van der Waals surface area contributed by atoms with E-state index in [1.54, 1.807) is 0 Å². The van der Waals surface area contributed by atoms with Gasteiger partial charge in [-0.1, -0.05) is 13.3 Å². The number of halogens is 1. The van der Waals surface area contributed by atoms with Gasteiger partial charge < -0.3 is 4.90 Å². The Hall–Kier alpha value is -0.830. The number of carbonyl (C=O) groups excluding carboxylic acids is 1. The van der Waals surface area contributed by atoms with E-state index < -0.39 is 0 Å². The van der Waals surface area contributed by atoms with Crippen molar-refractivity contribution in [3.8, 4) is 0 Å². The number of benzene rings is 1. The van der Waals surface area contributed by atoms with Crippen molar-refractivity contribution in [3.05, 3.63) is 28.2 Å². The maximum Gasteiger partial charge on any atom is 0.151 e. The average molecular weight is 324 g/mol. The van der Waals surface area contributed by atoms with Crippen LogP contribution < -0.4 is 4.90 Å². The van der Waals surface area contributed by atoms with Crippen molar-refractivity contribution < 1.29 is 4.79 Å². The summed E-state index contributed by atoms with van der Waals surface area (Å²) >= 11 is 3.46. The van der Waals surface area contributed by atoms with Crippen molar-refractivity contribution in [2.24, 2.45) is 5.92 Å². The van der Waals surface area contributed by atoms with E-state index in [1.165, 1.54) is 37.8 Å². The van der Waals surface area contributed by atoms with Crippen LogP contribution in [0.2, 0.25) is 0 Å². The molecule has 19 heavy (non-hydrogen) atoms. The fourth-order valence-electron chi connectivity index (χ4n) is 2.98. The summed E-state index contributed by atoms with van der Waals surface area (Å²) in [6, 6.07) is 6.62. The Labute approximate surface area is 124 Å². The van der Waals surface area contributed by atoms with Gasteiger partial charge in [0, 0.05) is 28.8 Å². The van der Waals surface area contributed by atoms with E-state index in [0.29, 0.717) is 11.6 Å². The largest absolute Gasteiger partial charge is 0.372 e. The van der Waals surface area contributed by atoms with Gasteiger partial charge in [-0.15, -0.1) is 0 Å². The van der Waals surface area contributed by atoms with Crippen LogP contribution >= 0.6 is 15.9 Å². The normalized spacial score (nSPS) is 23.1. The van der Waals surface area contributed by atoms with Crippen LogP contribution in [0.4, 0.5) is 5.69 Å². The van der Waals surface area contributed by atoms with E-state index in [0.717, 1.165) is 16.7 Å². The van der Waals surface area contributed by atoms with Crippen molar-refractivity contribution in [2.45, 2.75) is 45.1 Å². The molecule has 1 aromatic carbocycles. The predicted molar refractivity (Wildman–Crippen MR) is 84.0 cm³/mol. The molecule has 1 saturated carbocycles. The molecule has 1 aliphatic carbocycles. The Kier molecular flexibility index (Phi) is 5.03. The standard InChI is InChI=1S/C16H22BrNO/c1-3-12-4-7-14(8-5-12)18(2)15-9-6-13(11-19)16(17)10-15/h6,9-12,14H,3-5,7-8H2,1-2H3. The second-order valence-corrected chi connectivity index (χ2v) is 6.37. The minimum atomic E-state index is 0.636. The van der Waals surface area contributed by atoms with Crippen LogP contribution in [0.25, 0.3) is 0 Å². The summed E-state index contributed by atoms with van der Waals surface area (Å²) in [6.07, 6.45) is 7.46. The molecule has 2 rings (SSSR count). The molecule has 1 aliphatic rings. The molecule has 3 heteroatoms. The topological polar surface area (TPSA) is 20.3 Å². The number of hydrogen-bond donors (Lipinski definition) is 0. The molecule has 0 N–H and O–H groups in total. The van der Waals surface area contributed by atoms with E-state index in [4.69, 9.17) is 0 Å². The van der Waals surface area contributed by atoms with Gasteiger partial charge >= 0.3 is 0 Å². The summed E-state index contributed by atoms with van der Waals surface area (Å²) in [5.74, 6) is 0.925. The molecule has 0 heterocycles. The average Bonchev–Trinajstić information content (AvgIpc) is 2.46. The zero-order chi connectivity index (χ0) is 13.8. The lowest BCUT2D eigenvalue weighted by atomic mass is 9.84. The van der Waals surface area contributed by atoms with Crippen LogP contribution in [0.5, 0.6) is 0 Å². The SMILES string of the molecule is CCC1CCC(N(C)c2ccc(C=O)c(Br)c2)CC1. The lowest BCUT2D eigenvalue weighted by Gasteiger charge is -2.36. The minimum absolute atomic E-state index is 0.636. The number of rotatable bonds is 4. The van der Waals surface area contributed by atoms with Crippen molar-refractivity contribution >= 4 is 27.9 Å². The molecule has 0 spiro atoms. The van der Waals surface area contributed by atoms with Gasteiger partial charge in [0.2, 0.25) is 0 Å². The van der Waals surface area contributed by atoms with Crippen LogP contribution in [-0.2, 0) is 0 Å². The Balaban J connectivity index is 2.05. The first-order chi connectivity index (χ1) is 9.15. The minimum Gasteiger partial charge on any atom is -0.372 e. The summed E-state index contributed by atoms with van der Waals surface area (Å²) in [5, 5.41) is 0. The third-order valence-electron chi connectivity index (χ3n) is 4.46. The number of nitrogens with zero attached hydrogens (tertiary/aromatic N) is 1. The Morgan fingerprint density at radius 2 is 2.00 bits per heavy atom. The molecular weight excluding hydrogens is 302 g/mol. The number of anilines is 1. The zero-order valence-corrected chi connectivity index (χ0v) is 13.3. The maximum absolute atomic E-state index is 10.8. The molecule has 1 aromatic rings. The van der Waals surface area contributed by atoms with Crippen molar-refractivity contribution in [3.63, 3.8) is 0 Å². The highest BCUT2D eigenvalue weighted by molar-refractivity contribution is 9.10. The van der Waals surface area contributed by atoms with Gasteiger partial charge in [-0.3, -0.25) is 4.79 Å². The third-order valence-corrected chi connectivity index (χ3v) is 5.15. The second-order valence-electron chi connectivity index (χ2n) is 5.52. The molecule has 2 nitrogen and oxygen atoms in total. The Morgan fingerprint density at radius 1 is 1.32 bits per heavy atom. The molecule has 0 amide bonds. The molecule has 0 aromatic heterocycles. The van der Waals surface area contributed by atoms with Crippen molar-refractivity contribution in [1.29, 1.82) is 0 Å². The highest BCUT2D eigenvalue weighted by Gasteiger charge is 2.23. The maximum atomic E-state index is 10.8. The summed E-state index contributed by atoms with van der Waals surface area (Å²) < 4.78 is 0.883. The van der Waals surface area contributed by atoms with Gasteiger partial charge in [0.1, 0.15) is 0 Å². The number of carbonyl (C=O) groups is 1. The molecule has 0 atom stereocenters. The van der Waals surface area contributed by atoms with Gasteiger partial charge in [-0.2, -0.15) is 0 Å². The fourth-order valence-corrected chi connectivity index (χ4v) is 3.44. The quantitative estimate of drug-likeness (QED) is 0.750. The molecule has 0 saturated heterocycles. The molecule has 0 radical (unpaired) electrons. The fraction of sp³-hybridized carbons (Fsp3) is 0.562. The van der Waals surface area contributed by atoms with E-state index >= 15 is 0 Å². The van der Waals surface area contributed by atoms with Crippen LogP contribution in [-0.4, -0.2) is 19.4 Å². The summed E-state index contributed by atoms with van der Waals surface area (Å²) in [6.45, 7) is 2.30. The van der Waals surface area contributed by atoms with Gasteiger partial charge in [0.25, 0.3) is 0 Å².